The highest BCUT2D eigenvalue weighted by atomic mass is 32.2. The van der Waals surface area contributed by atoms with E-state index in [1.807, 2.05) is 13.1 Å². The number of nitrogens with zero attached hydrogens (tertiary/aromatic N) is 2. The zero-order chi connectivity index (χ0) is 13.7. The minimum atomic E-state index is -0.217. The minimum absolute atomic E-state index is 0.217. The Morgan fingerprint density at radius 1 is 1.21 bits per heavy atom. The van der Waals surface area contributed by atoms with Gasteiger partial charge in [-0.3, -0.25) is 0 Å². The molecule has 0 atom stereocenters. The van der Waals surface area contributed by atoms with Crippen molar-refractivity contribution in [3.05, 3.63) is 47.7 Å². The van der Waals surface area contributed by atoms with Gasteiger partial charge in [0.1, 0.15) is 17.5 Å². The predicted octanol–water partition coefficient (Wildman–Crippen LogP) is 3.51. The second-order valence-corrected chi connectivity index (χ2v) is 5.06. The van der Waals surface area contributed by atoms with Crippen molar-refractivity contribution in [1.82, 2.24) is 9.97 Å². The highest BCUT2D eigenvalue weighted by molar-refractivity contribution is 7.98. The van der Waals surface area contributed by atoms with Crippen LogP contribution in [-0.4, -0.2) is 17.0 Å². The standard InChI is InChI=1S/C14H16FN3S/c1-3-11-8-13(16-2)18-14(17-11)9-19-12-6-4-10(15)5-7-12/h4-8H,3,9H2,1-2H3,(H,16,17,18). The lowest BCUT2D eigenvalue weighted by Gasteiger charge is -2.06. The van der Waals surface area contributed by atoms with E-state index in [0.717, 1.165) is 28.7 Å². The second-order valence-electron chi connectivity index (χ2n) is 4.01. The first kappa shape index (κ1) is 13.8. The van der Waals surface area contributed by atoms with Gasteiger partial charge < -0.3 is 5.32 Å². The normalized spacial score (nSPS) is 10.5. The van der Waals surface area contributed by atoms with Gasteiger partial charge in [0, 0.05) is 23.7 Å². The molecule has 0 unspecified atom stereocenters. The first-order valence-corrected chi connectivity index (χ1v) is 7.12. The van der Waals surface area contributed by atoms with E-state index in [-0.39, 0.29) is 5.82 Å². The number of aryl methyl sites for hydroxylation is 1. The van der Waals surface area contributed by atoms with E-state index >= 15 is 0 Å². The number of hydrogen-bond donors (Lipinski definition) is 1. The van der Waals surface area contributed by atoms with Gasteiger partial charge >= 0.3 is 0 Å². The highest BCUT2D eigenvalue weighted by Gasteiger charge is 2.04. The summed E-state index contributed by atoms with van der Waals surface area (Å²) in [7, 11) is 1.85. The van der Waals surface area contributed by atoms with Crippen LogP contribution >= 0.6 is 11.8 Å². The van der Waals surface area contributed by atoms with Gasteiger partial charge in [0.2, 0.25) is 0 Å². The van der Waals surface area contributed by atoms with Gasteiger partial charge in [-0.25, -0.2) is 14.4 Å². The summed E-state index contributed by atoms with van der Waals surface area (Å²) in [5.41, 5.74) is 1.02. The predicted molar refractivity (Wildman–Crippen MR) is 76.9 cm³/mol. The maximum absolute atomic E-state index is 12.8. The zero-order valence-corrected chi connectivity index (χ0v) is 11.8. The number of rotatable bonds is 5. The molecule has 5 heteroatoms. The molecule has 0 amide bonds. The quantitative estimate of drug-likeness (QED) is 0.849. The van der Waals surface area contributed by atoms with Crippen LogP contribution in [0.5, 0.6) is 0 Å². The van der Waals surface area contributed by atoms with Crippen molar-refractivity contribution >= 4 is 17.6 Å². The smallest absolute Gasteiger partial charge is 0.141 e. The van der Waals surface area contributed by atoms with E-state index in [1.165, 1.54) is 12.1 Å². The fourth-order valence-corrected chi connectivity index (χ4v) is 2.36. The van der Waals surface area contributed by atoms with Crippen molar-refractivity contribution < 1.29 is 4.39 Å². The fourth-order valence-electron chi connectivity index (χ4n) is 1.60. The molecule has 0 radical (unpaired) electrons. The summed E-state index contributed by atoms with van der Waals surface area (Å²) in [6, 6.07) is 8.41. The Kier molecular flexibility index (Phi) is 4.74. The third-order valence-electron chi connectivity index (χ3n) is 2.63. The van der Waals surface area contributed by atoms with Crippen LogP contribution in [0, 0.1) is 5.82 Å². The average molecular weight is 277 g/mol. The molecule has 2 rings (SSSR count). The number of aromatic nitrogens is 2. The van der Waals surface area contributed by atoms with E-state index in [9.17, 15) is 4.39 Å². The van der Waals surface area contributed by atoms with Gasteiger partial charge in [-0.05, 0) is 30.7 Å². The maximum Gasteiger partial charge on any atom is 0.141 e. The van der Waals surface area contributed by atoms with E-state index < -0.39 is 0 Å². The number of halogens is 1. The van der Waals surface area contributed by atoms with Crippen molar-refractivity contribution in [2.45, 2.75) is 24.0 Å². The zero-order valence-electron chi connectivity index (χ0n) is 11.0. The summed E-state index contributed by atoms with van der Waals surface area (Å²) >= 11 is 1.60. The van der Waals surface area contributed by atoms with Crippen LogP contribution in [0.2, 0.25) is 0 Å². The van der Waals surface area contributed by atoms with Gasteiger partial charge in [0.15, 0.2) is 0 Å². The third kappa shape index (κ3) is 3.92. The summed E-state index contributed by atoms with van der Waals surface area (Å²) in [6.45, 7) is 2.07. The lowest BCUT2D eigenvalue weighted by Crippen LogP contribution is -2.02. The molecule has 1 aromatic heterocycles. The van der Waals surface area contributed by atoms with Crippen LogP contribution in [0.1, 0.15) is 18.4 Å². The number of nitrogens with one attached hydrogen (secondary N) is 1. The summed E-state index contributed by atoms with van der Waals surface area (Å²) in [5.74, 6) is 2.08. The Bertz CT molecular complexity index is 521. The van der Waals surface area contributed by atoms with Crippen LogP contribution < -0.4 is 5.32 Å². The Hall–Kier alpha value is -1.62. The third-order valence-corrected chi connectivity index (χ3v) is 3.63. The first-order chi connectivity index (χ1) is 9.21. The van der Waals surface area contributed by atoms with Gasteiger partial charge in [-0.1, -0.05) is 6.92 Å². The average Bonchev–Trinajstić information content (AvgIpc) is 2.46. The molecule has 1 heterocycles. The summed E-state index contributed by atoms with van der Waals surface area (Å²) in [6.07, 6.45) is 0.880. The summed E-state index contributed by atoms with van der Waals surface area (Å²) in [5, 5.41) is 3.04. The Morgan fingerprint density at radius 2 is 1.95 bits per heavy atom. The molecular weight excluding hydrogens is 261 g/mol. The van der Waals surface area contributed by atoms with Crippen molar-refractivity contribution in [1.29, 1.82) is 0 Å². The van der Waals surface area contributed by atoms with E-state index in [1.54, 1.807) is 23.9 Å². The molecular formula is C14H16FN3S. The first-order valence-electron chi connectivity index (χ1n) is 6.14. The molecule has 0 bridgehead atoms. The topological polar surface area (TPSA) is 37.8 Å². The molecule has 2 aromatic rings. The van der Waals surface area contributed by atoms with Crippen LogP contribution in [0.15, 0.2) is 35.2 Å². The lowest BCUT2D eigenvalue weighted by atomic mass is 10.3. The van der Waals surface area contributed by atoms with Crippen molar-refractivity contribution in [2.75, 3.05) is 12.4 Å². The summed E-state index contributed by atoms with van der Waals surface area (Å²) in [4.78, 5) is 9.91. The maximum atomic E-state index is 12.8. The van der Waals surface area contributed by atoms with Gasteiger partial charge in [0.25, 0.3) is 0 Å². The number of benzene rings is 1. The largest absolute Gasteiger partial charge is 0.373 e. The van der Waals surface area contributed by atoms with Gasteiger partial charge in [-0.2, -0.15) is 0 Å². The second kappa shape index (κ2) is 6.52. The fraction of sp³-hybridized carbons (Fsp3) is 0.286. The molecule has 3 nitrogen and oxygen atoms in total. The van der Waals surface area contributed by atoms with Crippen LogP contribution in [-0.2, 0) is 12.2 Å². The van der Waals surface area contributed by atoms with Crippen molar-refractivity contribution in [3.63, 3.8) is 0 Å². The van der Waals surface area contributed by atoms with Crippen molar-refractivity contribution in [3.8, 4) is 0 Å². The molecule has 0 saturated heterocycles. The molecule has 0 aliphatic heterocycles. The molecule has 0 saturated carbocycles. The lowest BCUT2D eigenvalue weighted by molar-refractivity contribution is 0.626. The minimum Gasteiger partial charge on any atom is -0.373 e. The molecule has 0 aliphatic rings. The van der Waals surface area contributed by atoms with Gasteiger partial charge in [-0.15, -0.1) is 11.8 Å². The molecule has 1 aromatic carbocycles. The van der Waals surface area contributed by atoms with E-state index in [0.29, 0.717) is 5.75 Å². The van der Waals surface area contributed by atoms with Crippen LogP contribution in [0.4, 0.5) is 10.2 Å². The Balaban J connectivity index is 2.08. The molecule has 0 spiro atoms. The number of anilines is 1. The van der Waals surface area contributed by atoms with Crippen molar-refractivity contribution in [2.24, 2.45) is 0 Å². The molecule has 19 heavy (non-hydrogen) atoms. The Labute approximate surface area is 116 Å². The summed E-state index contributed by atoms with van der Waals surface area (Å²) < 4.78 is 12.8. The number of thioether (sulfide) groups is 1. The van der Waals surface area contributed by atoms with Gasteiger partial charge in [0.05, 0.1) is 5.75 Å². The van der Waals surface area contributed by atoms with E-state index in [2.05, 4.69) is 22.2 Å². The Morgan fingerprint density at radius 3 is 2.58 bits per heavy atom. The molecule has 1 N–H and O–H groups in total. The molecule has 100 valence electrons. The monoisotopic (exact) mass is 277 g/mol. The number of hydrogen-bond acceptors (Lipinski definition) is 4. The molecule has 0 fully saturated rings. The SMILES string of the molecule is CCc1cc(NC)nc(CSc2ccc(F)cc2)n1. The van der Waals surface area contributed by atoms with Crippen LogP contribution in [0.25, 0.3) is 0 Å². The molecule has 0 aliphatic carbocycles. The van der Waals surface area contributed by atoms with Crippen LogP contribution in [0.3, 0.4) is 0 Å². The highest BCUT2D eigenvalue weighted by Crippen LogP contribution is 2.22. The van der Waals surface area contributed by atoms with E-state index in [4.69, 9.17) is 0 Å².